The molecule has 0 radical (unpaired) electrons. The monoisotopic (exact) mass is 267 g/mol. The van der Waals surface area contributed by atoms with Crippen LogP contribution < -0.4 is 0 Å². The minimum Gasteiger partial charge on any atom is -0.299 e. The van der Waals surface area contributed by atoms with Crippen molar-refractivity contribution in [3.63, 3.8) is 0 Å². The van der Waals surface area contributed by atoms with Crippen LogP contribution in [0.1, 0.15) is 31.4 Å². The second kappa shape index (κ2) is 4.88. The molecule has 0 aromatic carbocycles. The smallest absolute Gasteiger partial charge is 0.141 e. The van der Waals surface area contributed by atoms with Gasteiger partial charge in [0.05, 0.1) is 0 Å². The van der Waals surface area contributed by atoms with E-state index >= 15 is 0 Å². The van der Waals surface area contributed by atoms with Crippen molar-refractivity contribution in [1.82, 2.24) is 4.98 Å². The van der Waals surface area contributed by atoms with Gasteiger partial charge in [0.25, 0.3) is 0 Å². The fraction of sp³-hybridized carbons (Fsp3) is 0.500. The number of nitrogens with zero attached hydrogens (tertiary/aromatic N) is 1. The van der Waals surface area contributed by atoms with Crippen LogP contribution in [-0.2, 0) is 11.2 Å². The van der Waals surface area contributed by atoms with Gasteiger partial charge in [-0.25, -0.2) is 0 Å². The molecule has 2 rings (SSSR count). The van der Waals surface area contributed by atoms with Gasteiger partial charge in [0.2, 0.25) is 0 Å². The summed E-state index contributed by atoms with van der Waals surface area (Å²) in [4.78, 5) is 16.1. The Morgan fingerprint density at radius 1 is 1.40 bits per heavy atom. The predicted octanol–water partition coefficient (Wildman–Crippen LogP) is 3.15. The minimum absolute atomic E-state index is 0.301. The zero-order valence-corrected chi connectivity index (χ0v) is 10.2. The van der Waals surface area contributed by atoms with Gasteiger partial charge in [-0.2, -0.15) is 0 Å². The Morgan fingerprint density at radius 2 is 2.13 bits per heavy atom. The maximum absolute atomic E-state index is 11.8. The molecule has 0 saturated heterocycles. The van der Waals surface area contributed by atoms with Crippen LogP contribution in [-0.4, -0.2) is 10.8 Å². The maximum Gasteiger partial charge on any atom is 0.141 e. The van der Waals surface area contributed by atoms with Crippen LogP contribution in [0.25, 0.3) is 0 Å². The summed E-state index contributed by atoms with van der Waals surface area (Å²) < 4.78 is 0.958. The van der Waals surface area contributed by atoms with E-state index in [4.69, 9.17) is 0 Å². The number of hydrogen-bond donors (Lipinski definition) is 0. The van der Waals surface area contributed by atoms with E-state index < -0.39 is 0 Å². The van der Waals surface area contributed by atoms with Crippen LogP contribution in [0.15, 0.2) is 22.8 Å². The van der Waals surface area contributed by atoms with Crippen LogP contribution in [0, 0.1) is 5.92 Å². The molecule has 0 amide bonds. The first-order valence-electron chi connectivity index (χ1n) is 5.39. The van der Waals surface area contributed by atoms with E-state index in [-0.39, 0.29) is 0 Å². The van der Waals surface area contributed by atoms with Gasteiger partial charge in [-0.3, -0.25) is 9.78 Å². The first-order valence-corrected chi connectivity index (χ1v) is 6.18. The molecular formula is C12H14BrNO. The van der Waals surface area contributed by atoms with Gasteiger partial charge in [-0.1, -0.05) is 12.8 Å². The Kier molecular flexibility index (Phi) is 3.52. The van der Waals surface area contributed by atoms with Crippen molar-refractivity contribution < 1.29 is 4.79 Å². The average molecular weight is 268 g/mol. The minimum atomic E-state index is 0.301. The number of Topliss-reactive ketones (excluding diaryl/α,β-unsaturated/α-hetero) is 1. The summed E-state index contributed by atoms with van der Waals surface area (Å²) in [5.41, 5.74) is 0.884. The van der Waals surface area contributed by atoms with Crippen LogP contribution in [0.3, 0.4) is 0 Å². The van der Waals surface area contributed by atoms with Crippen molar-refractivity contribution in [2.75, 3.05) is 0 Å². The molecule has 1 aromatic heterocycles. The third-order valence-corrected chi connectivity index (χ3v) is 3.42. The van der Waals surface area contributed by atoms with E-state index in [1.807, 2.05) is 12.1 Å². The lowest BCUT2D eigenvalue weighted by Crippen LogP contribution is -2.14. The Morgan fingerprint density at radius 3 is 2.73 bits per heavy atom. The summed E-state index contributed by atoms with van der Waals surface area (Å²) in [7, 11) is 0. The first kappa shape index (κ1) is 10.8. The lowest BCUT2D eigenvalue weighted by atomic mass is 9.99. The summed E-state index contributed by atoms with van der Waals surface area (Å²) in [5.74, 6) is 0.665. The number of pyridine rings is 1. The molecule has 1 aliphatic rings. The molecule has 0 spiro atoms. The van der Waals surface area contributed by atoms with Gasteiger partial charge in [0.1, 0.15) is 5.78 Å². The third kappa shape index (κ3) is 2.88. The molecule has 0 N–H and O–H groups in total. The summed E-state index contributed by atoms with van der Waals surface area (Å²) in [6, 6.07) is 3.85. The second-order valence-corrected chi connectivity index (χ2v) is 5.01. The zero-order valence-electron chi connectivity index (χ0n) is 8.58. The van der Waals surface area contributed by atoms with E-state index in [0.717, 1.165) is 23.0 Å². The van der Waals surface area contributed by atoms with Gasteiger partial charge in [-0.05, 0) is 40.9 Å². The molecule has 15 heavy (non-hydrogen) atoms. The van der Waals surface area contributed by atoms with Gasteiger partial charge in [0.15, 0.2) is 0 Å². The molecule has 1 aromatic rings. The third-order valence-electron chi connectivity index (χ3n) is 2.95. The Bertz CT molecular complexity index is 341. The molecule has 2 nitrogen and oxygen atoms in total. The summed E-state index contributed by atoms with van der Waals surface area (Å²) in [6.45, 7) is 0. The molecule has 80 valence electrons. The van der Waals surface area contributed by atoms with Crippen molar-refractivity contribution in [2.24, 2.45) is 5.92 Å². The van der Waals surface area contributed by atoms with Gasteiger partial charge >= 0.3 is 0 Å². The SMILES string of the molecule is O=C(Cc1ccc(Br)cn1)C1CCCC1. The Labute approximate surface area is 98.2 Å². The topological polar surface area (TPSA) is 30.0 Å². The molecule has 0 bridgehead atoms. The number of aromatic nitrogens is 1. The highest BCUT2D eigenvalue weighted by molar-refractivity contribution is 9.10. The summed E-state index contributed by atoms with van der Waals surface area (Å²) in [6.07, 6.45) is 6.83. The fourth-order valence-electron chi connectivity index (χ4n) is 2.08. The van der Waals surface area contributed by atoms with Gasteiger partial charge in [0, 0.05) is 28.7 Å². The average Bonchev–Trinajstić information content (AvgIpc) is 2.74. The molecular weight excluding hydrogens is 254 g/mol. The maximum atomic E-state index is 11.8. The Hall–Kier alpha value is -0.700. The van der Waals surface area contributed by atoms with E-state index in [1.54, 1.807) is 6.20 Å². The highest BCUT2D eigenvalue weighted by Crippen LogP contribution is 2.26. The van der Waals surface area contributed by atoms with Crippen molar-refractivity contribution >= 4 is 21.7 Å². The number of ketones is 1. The molecule has 0 aliphatic heterocycles. The van der Waals surface area contributed by atoms with Crippen molar-refractivity contribution in [2.45, 2.75) is 32.1 Å². The van der Waals surface area contributed by atoms with Crippen molar-refractivity contribution in [1.29, 1.82) is 0 Å². The highest BCUT2D eigenvalue weighted by atomic mass is 79.9. The van der Waals surface area contributed by atoms with Crippen LogP contribution in [0.5, 0.6) is 0 Å². The van der Waals surface area contributed by atoms with E-state index in [1.165, 1.54) is 12.8 Å². The second-order valence-electron chi connectivity index (χ2n) is 4.09. The quantitative estimate of drug-likeness (QED) is 0.842. The fourth-order valence-corrected chi connectivity index (χ4v) is 2.32. The number of rotatable bonds is 3. The first-order chi connectivity index (χ1) is 7.25. The molecule has 1 aliphatic carbocycles. The van der Waals surface area contributed by atoms with Gasteiger partial charge in [-0.15, -0.1) is 0 Å². The number of hydrogen-bond acceptors (Lipinski definition) is 2. The molecule has 1 fully saturated rings. The number of carbonyl (C=O) groups is 1. The van der Waals surface area contributed by atoms with Crippen molar-refractivity contribution in [3.8, 4) is 0 Å². The van der Waals surface area contributed by atoms with E-state index in [0.29, 0.717) is 18.1 Å². The standard InChI is InChI=1S/C12H14BrNO/c13-10-5-6-11(14-8-10)7-12(15)9-3-1-2-4-9/h5-6,8-9H,1-4,7H2. The predicted molar refractivity (Wildman–Crippen MR) is 62.6 cm³/mol. The van der Waals surface area contributed by atoms with Crippen molar-refractivity contribution in [3.05, 3.63) is 28.5 Å². The van der Waals surface area contributed by atoms with E-state index in [2.05, 4.69) is 20.9 Å². The number of halogens is 1. The molecule has 0 unspecified atom stereocenters. The van der Waals surface area contributed by atoms with Crippen LogP contribution >= 0.6 is 15.9 Å². The Balaban J connectivity index is 1.96. The van der Waals surface area contributed by atoms with Gasteiger partial charge < -0.3 is 0 Å². The molecule has 1 heterocycles. The molecule has 3 heteroatoms. The largest absolute Gasteiger partial charge is 0.299 e. The lowest BCUT2D eigenvalue weighted by molar-refractivity contribution is -0.122. The van der Waals surface area contributed by atoms with Crippen LogP contribution in [0.4, 0.5) is 0 Å². The summed E-state index contributed by atoms with van der Waals surface area (Å²) >= 11 is 3.33. The zero-order chi connectivity index (χ0) is 10.7. The summed E-state index contributed by atoms with van der Waals surface area (Å²) in [5, 5.41) is 0. The highest BCUT2D eigenvalue weighted by Gasteiger charge is 2.22. The number of carbonyl (C=O) groups excluding carboxylic acids is 1. The molecule has 0 atom stereocenters. The van der Waals surface area contributed by atoms with Crippen LogP contribution in [0.2, 0.25) is 0 Å². The normalized spacial score (nSPS) is 16.9. The lowest BCUT2D eigenvalue weighted by Gasteiger charge is -2.06. The molecule has 1 saturated carbocycles. The van der Waals surface area contributed by atoms with E-state index in [9.17, 15) is 4.79 Å².